The van der Waals surface area contributed by atoms with Crippen molar-refractivity contribution in [2.24, 2.45) is 5.73 Å². The molecule has 88 valence electrons. The molecule has 0 bridgehead atoms. The third-order valence-electron chi connectivity index (χ3n) is 2.96. The molecule has 1 aromatic rings. The number of nitrogens with zero attached hydrogens (tertiary/aromatic N) is 1. The van der Waals surface area contributed by atoms with E-state index >= 15 is 0 Å². The highest BCUT2D eigenvalue weighted by molar-refractivity contribution is 5.14. The molecule has 1 atom stereocenters. The molecule has 0 aliphatic carbocycles. The first kappa shape index (κ1) is 11.6. The van der Waals surface area contributed by atoms with E-state index in [1.807, 2.05) is 0 Å². The summed E-state index contributed by atoms with van der Waals surface area (Å²) in [5.74, 6) is 0. The Bertz CT molecular complexity index is 300. The van der Waals surface area contributed by atoms with E-state index in [2.05, 4.69) is 35.2 Å². The molecule has 0 spiro atoms. The third kappa shape index (κ3) is 3.30. The summed E-state index contributed by atoms with van der Waals surface area (Å²) in [7, 11) is 0. The molecule has 3 nitrogen and oxygen atoms in total. The van der Waals surface area contributed by atoms with Gasteiger partial charge in [-0.1, -0.05) is 30.3 Å². The first-order valence-corrected chi connectivity index (χ1v) is 5.96. The highest BCUT2D eigenvalue weighted by Gasteiger charge is 2.19. The number of morpholine rings is 1. The Hall–Kier alpha value is -0.900. The molecule has 0 amide bonds. The highest BCUT2D eigenvalue weighted by Crippen LogP contribution is 2.11. The van der Waals surface area contributed by atoms with Crippen molar-refractivity contribution in [2.45, 2.75) is 19.1 Å². The van der Waals surface area contributed by atoms with Crippen LogP contribution in [-0.2, 0) is 11.3 Å². The largest absolute Gasteiger partial charge is 0.376 e. The molecule has 1 saturated heterocycles. The summed E-state index contributed by atoms with van der Waals surface area (Å²) in [5, 5.41) is 0. The molecule has 1 aromatic carbocycles. The number of hydrogen-bond acceptors (Lipinski definition) is 3. The van der Waals surface area contributed by atoms with E-state index in [9.17, 15) is 0 Å². The summed E-state index contributed by atoms with van der Waals surface area (Å²) in [6.07, 6.45) is 1.29. The van der Waals surface area contributed by atoms with E-state index < -0.39 is 0 Å². The Labute approximate surface area is 97.2 Å². The standard InChI is InChI=1S/C13H20N2O/c14-7-6-13-11-15(8-9-16-13)10-12-4-2-1-3-5-12/h1-5,13H,6-11,14H2. The monoisotopic (exact) mass is 220 g/mol. The molecule has 1 unspecified atom stereocenters. The van der Waals surface area contributed by atoms with Crippen molar-refractivity contribution >= 4 is 0 Å². The maximum absolute atomic E-state index is 5.66. The molecule has 1 fully saturated rings. The van der Waals surface area contributed by atoms with Crippen LogP contribution in [0.3, 0.4) is 0 Å². The van der Waals surface area contributed by atoms with E-state index in [1.165, 1.54) is 5.56 Å². The Balaban J connectivity index is 1.85. The maximum Gasteiger partial charge on any atom is 0.0714 e. The average Bonchev–Trinajstić information content (AvgIpc) is 2.31. The van der Waals surface area contributed by atoms with Gasteiger partial charge in [-0.3, -0.25) is 4.90 Å². The van der Waals surface area contributed by atoms with Gasteiger partial charge in [0.1, 0.15) is 0 Å². The van der Waals surface area contributed by atoms with Gasteiger partial charge in [0.05, 0.1) is 12.7 Å². The lowest BCUT2D eigenvalue weighted by molar-refractivity contribution is -0.0335. The van der Waals surface area contributed by atoms with Crippen LogP contribution in [0.5, 0.6) is 0 Å². The molecule has 16 heavy (non-hydrogen) atoms. The van der Waals surface area contributed by atoms with Crippen LogP contribution in [0.1, 0.15) is 12.0 Å². The van der Waals surface area contributed by atoms with Gasteiger partial charge in [0.25, 0.3) is 0 Å². The average molecular weight is 220 g/mol. The van der Waals surface area contributed by atoms with Crippen molar-refractivity contribution in [1.82, 2.24) is 4.90 Å². The lowest BCUT2D eigenvalue weighted by Gasteiger charge is -2.32. The minimum atomic E-state index is 0.322. The minimum absolute atomic E-state index is 0.322. The molecular weight excluding hydrogens is 200 g/mol. The normalized spacial score (nSPS) is 22.2. The van der Waals surface area contributed by atoms with Crippen LogP contribution in [0.2, 0.25) is 0 Å². The van der Waals surface area contributed by atoms with Gasteiger partial charge in [0.2, 0.25) is 0 Å². The lowest BCUT2D eigenvalue weighted by atomic mass is 10.1. The molecule has 2 rings (SSSR count). The van der Waals surface area contributed by atoms with Crippen LogP contribution in [-0.4, -0.2) is 37.2 Å². The summed E-state index contributed by atoms with van der Waals surface area (Å²) >= 11 is 0. The molecule has 1 aliphatic rings. The van der Waals surface area contributed by atoms with Crippen molar-refractivity contribution in [3.63, 3.8) is 0 Å². The van der Waals surface area contributed by atoms with E-state index in [0.29, 0.717) is 12.6 Å². The first-order chi connectivity index (χ1) is 7.88. The zero-order valence-corrected chi connectivity index (χ0v) is 9.64. The lowest BCUT2D eigenvalue weighted by Crippen LogP contribution is -2.42. The van der Waals surface area contributed by atoms with Crippen molar-refractivity contribution in [3.05, 3.63) is 35.9 Å². The highest BCUT2D eigenvalue weighted by atomic mass is 16.5. The van der Waals surface area contributed by atoms with Gasteiger partial charge in [0.15, 0.2) is 0 Å². The Kier molecular flexibility index (Phi) is 4.34. The van der Waals surface area contributed by atoms with Gasteiger partial charge in [-0.25, -0.2) is 0 Å². The Morgan fingerprint density at radius 2 is 2.12 bits per heavy atom. The minimum Gasteiger partial charge on any atom is -0.376 e. The van der Waals surface area contributed by atoms with Crippen LogP contribution >= 0.6 is 0 Å². The SMILES string of the molecule is NCCC1CN(Cc2ccccc2)CCO1. The second-order valence-electron chi connectivity index (χ2n) is 4.29. The predicted molar refractivity (Wildman–Crippen MR) is 65.1 cm³/mol. The van der Waals surface area contributed by atoms with Crippen LogP contribution in [0, 0.1) is 0 Å². The van der Waals surface area contributed by atoms with Gasteiger partial charge in [-0.2, -0.15) is 0 Å². The van der Waals surface area contributed by atoms with Crippen LogP contribution < -0.4 is 5.73 Å². The van der Waals surface area contributed by atoms with Crippen LogP contribution in [0.4, 0.5) is 0 Å². The van der Waals surface area contributed by atoms with E-state index in [-0.39, 0.29) is 0 Å². The number of ether oxygens (including phenoxy) is 1. The van der Waals surface area contributed by atoms with Gasteiger partial charge in [0, 0.05) is 19.6 Å². The van der Waals surface area contributed by atoms with Crippen molar-refractivity contribution in [1.29, 1.82) is 0 Å². The molecular formula is C13H20N2O. The third-order valence-corrected chi connectivity index (χ3v) is 2.96. The molecule has 2 N–H and O–H groups in total. The smallest absolute Gasteiger partial charge is 0.0714 e. The topological polar surface area (TPSA) is 38.5 Å². The summed E-state index contributed by atoms with van der Waals surface area (Å²) in [4.78, 5) is 2.44. The fourth-order valence-electron chi connectivity index (χ4n) is 2.13. The molecule has 0 saturated carbocycles. The van der Waals surface area contributed by atoms with Gasteiger partial charge < -0.3 is 10.5 Å². The fourth-order valence-corrected chi connectivity index (χ4v) is 2.13. The molecule has 0 radical (unpaired) electrons. The number of nitrogens with two attached hydrogens (primary N) is 1. The van der Waals surface area contributed by atoms with Crippen molar-refractivity contribution < 1.29 is 4.74 Å². The second kappa shape index (κ2) is 5.99. The quantitative estimate of drug-likeness (QED) is 0.829. The van der Waals surface area contributed by atoms with Crippen LogP contribution in [0.15, 0.2) is 30.3 Å². The van der Waals surface area contributed by atoms with E-state index in [4.69, 9.17) is 10.5 Å². The number of rotatable bonds is 4. The van der Waals surface area contributed by atoms with Gasteiger partial charge >= 0.3 is 0 Å². The summed E-state index contributed by atoms with van der Waals surface area (Å²) in [6, 6.07) is 10.6. The summed E-state index contributed by atoms with van der Waals surface area (Å²) in [6.45, 7) is 4.59. The molecule has 1 aliphatic heterocycles. The predicted octanol–water partition coefficient (Wildman–Crippen LogP) is 1.24. The van der Waals surface area contributed by atoms with Crippen LogP contribution in [0.25, 0.3) is 0 Å². The summed E-state index contributed by atoms with van der Waals surface area (Å²) < 4.78 is 5.66. The van der Waals surface area contributed by atoms with Crippen molar-refractivity contribution in [2.75, 3.05) is 26.2 Å². The first-order valence-electron chi connectivity index (χ1n) is 5.96. The molecule has 3 heteroatoms. The second-order valence-corrected chi connectivity index (χ2v) is 4.29. The van der Waals surface area contributed by atoms with E-state index in [0.717, 1.165) is 32.7 Å². The zero-order valence-electron chi connectivity index (χ0n) is 9.64. The van der Waals surface area contributed by atoms with E-state index in [1.54, 1.807) is 0 Å². The fraction of sp³-hybridized carbons (Fsp3) is 0.538. The number of hydrogen-bond donors (Lipinski definition) is 1. The van der Waals surface area contributed by atoms with Crippen molar-refractivity contribution in [3.8, 4) is 0 Å². The zero-order chi connectivity index (χ0) is 11.2. The Morgan fingerprint density at radius 3 is 2.88 bits per heavy atom. The summed E-state index contributed by atoms with van der Waals surface area (Å²) in [5.41, 5.74) is 6.93. The maximum atomic E-state index is 5.66. The molecule has 0 aromatic heterocycles. The molecule has 1 heterocycles. The number of benzene rings is 1. The van der Waals surface area contributed by atoms with Gasteiger partial charge in [-0.05, 0) is 18.5 Å². The Morgan fingerprint density at radius 1 is 1.31 bits per heavy atom. The van der Waals surface area contributed by atoms with Gasteiger partial charge in [-0.15, -0.1) is 0 Å².